The highest BCUT2D eigenvalue weighted by molar-refractivity contribution is 7.86. The Morgan fingerprint density at radius 3 is 2.48 bits per heavy atom. The molecular weight excluding hydrogens is 294 g/mol. The first-order valence-electron chi connectivity index (χ1n) is 6.66. The lowest BCUT2D eigenvalue weighted by molar-refractivity contribution is 0.204. The van der Waals surface area contributed by atoms with Crippen molar-refractivity contribution in [1.82, 2.24) is 18.8 Å². The topological polar surface area (TPSA) is 78.9 Å². The number of anilines is 1. The molecule has 0 radical (unpaired) electrons. The Morgan fingerprint density at radius 1 is 1.24 bits per heavy atom. The largest absolute Gasteiger partial charge is 0.472 e. The third-order valence-corrected chi connectivity index (χ3v) is 5.17. The van der Waals surface area contributed by atoms with Crippen molar-refractivity contribution < 1.29 is 13.2 Å². The van der Waals surface area contributed by atoms with E-state index in [9.17, 15) is 8.42 Å². The first-order valence-corrected chi connectivity index (χ1v) is 8.05. The van der Waals surface area contributed by atoms with Crippen LogP contribution >= 0.6 is 0 Å². The summed E-state index contributed by atoms with van der Waals surface area (Å²) < 4.78 is 32.3. The van der Waals surface area contributed by atoms with Crippen LogP contribution in [0, 0.1) is 0 Å². The fourth-order valence-corrected chi connectivity index (χ4v) is 3.17. The Balaban J connectivity index is 1.97. The third kappa shape index (κ3) is 3.60. The summed E-state index contributed by atoms with van der Waals surface area (Å²) in [6.45, 7) is 0.784. The van der Waals surface area contributed by atoms with Gasteiger partial charge in [0.1, 0.15) is 6.10 Å². The average molecular weight is 315 g/mol. The number of nitrogens with zero attached hydrogens (tertiary/aromatic N) is 5. The van der Waals surface area contributed by atoms with Gasteiger partial charge < -0.3 is 9.64 Å². The predicted molar refractivity (Wildman–Crippen MR) is 79.6 cm³/mol. The maximum absolute atomic E-state index is 12.0. The molecule has 2 heterocycles. The first-order chi connectivity index (χ1) is 9.80. The van der Waals surface area contributed by atoms with E-state index in [0.29, 0.717) is 25.4 Å². The summed E-state index contributed by atoms with van der Waals surface area (Å²) in [5.74, 6) is 1.15. The minimum absolute atomic E-state index is 0.195. The van der Waals surface area contributed by atoms with Gasteiger partial charge in [-0.1, -0.05) is 0 Å². The second-order valence-electron chi connectivity index (χ2n) is 5.30. The van der Waals surface area contributed by atoms with Gasteiger partial charge in [-0.2, -0.15) is 17.0 Å². The van der Waals surface area contributed by atoms with Crippen LogP contribution in [0.1, 0.15) is 6.42 Å². The number of rotatable bonds is 5. The molecule has 9 heteroatoms. The highest BCUT2D eigenvalue weighted by Crippen LogP contribution is 2.20. The standard InChI is InChI=1S/C12H21N5O3S/c1-15(2)11-5-6-12(14-13-11)20-10-7-8-17(9-10)21(18,19)16(3)4/h5-6,10H,7-9H2,1-4H3. The van der Waals surface area contributed by atoms with E-state index >= 15 is 0 Å². The number of aromatic nitrogens is 2. The minimum atomic E-state index is -3.38. The van der Waals surface area contributed by atoms with Crippen LogP contribution in [0.2, 0.25) is 0 Å². The molecule has 2 rings (SSSR count). The molecule has 1 atom stereocenters. The van der Waals surface area contributed by atoms with Crippen molar-refractivity contribution >= 4 is 16.0 Å². The van der Waals surface area contributed by atoms with Crippen molar-refractivity contribution in [2.45, 2.75) is 12.5 Å². The Morgan fingerprint density at radius 2 is 1.95 bits per heavy atom. The maximum atomic E-state index is 12.0. The van der Waals surface area contributed by atoms with Crippen LogP contribution in [0.4, 0.5) is 5.82 Å². The molecule has 1 aliphatic rings. The Labute approximate surface area is 125 Å². The lowest BCUT2D eigenvalue weighted by Gasteiger charge is -2.20. The molecule has 1 aromatic rings. The molecule has 0 bridgehead atoms. The summed E-state index contributed by atoms with van der Waals surface area (Å²) in [6.07, 6.45) is 0.448. The smallest absolute Gasteiger partial charge is 0.281 e. The molecule has 1 unspecified atom stereocenters. The number of hydrogen-bond acceptors (Lipinski definition) is 6. The molecule has 118 valence electrons. The van der Waals surface area contributed by atoms with E-state index < -0.39 is 10.2 Å². The zero-order valence-electron chi connectivity index (χ0n) is 12.7. The first kappa shape index (κ1) is 15.9. The van der Waals surface area contributed by atoms with Gasteiger partial charge in [0.25, 0.3) is 10.2 Å². The highest BCUT2D eigenvalue weighted by atomic mass is 32.2. The molecule has 0 saturated carbocycles. The summed E-state index contributed by atoms with van der Waals surface area (Å²) in [4.78, 5) is 1.84. The van der Waals surface area contributed by atoms with Crippen molar-refractivity contribution in [3.63, 3.8) is 0 Å². The van der Waals surface area contributed by atoms with E-state index in [1.54, 1.807) is 6.07 Å². The van der Waals surface area contributed by atoms with Gasteiger partial charge in [-0.3, -0.25) is 0 Å². The molecule has 1 aliphatic heterocycles. The van der Waals surface area contributed by atoms with E-state index in [-0.39, 0.29) is 6.10 Å². The summed E-state index contributed by atoms with van der Waals surface area (Å²) in [5.41, 5.74) is 0. The number of hydrogen-bond donors (Lipinski definition) is 0. The monoisotopic (exact) mass is 315 g/mol. The van der Waals surface area contributed by atoms with Gasteiger partial charge in [-0.25, -0.2) is 0 Å². The SMILES string of the molecule is CN(C)c1ccc(OC2CCN(S(=O)(=O)N(C)C)C2)nn1. The Kier molecular flexibility index (Phi) is 4.64. The van der Waals surface area contributed by atoms with Gasteiger partial charge in [0.05, 0.1) is 6.54 Å². The van der Waals surface area contributed by atoms with Crippen LogP contribution in [0.25, 0.3) is 0 Å². The van der Waals surface area contributed by atoms with Crippen LogP contribution in [0.15, 0.2) is 12.1 Å². The van der Waals surface area contributed by atoms with Gasteiger partial charge >= 0.3 is 0 Å². The Hall–Kier alpha value is -1.45. The summed E-state index contributed by atoms with van der Waals surface area (Å²) in [6, 6.07) is 3.55. The van der Waals surface area contributed by atoms with Crippen LogP contribution in [-0.4, -0.2) is 74.6 Å². The molecular formula is C12H21N5O3S. The second-order valence-corrected chi connectivity index (χ2v) is 7.44. The molecule has 8 nitrogen and oxygen atoms in total. The van der Waals surface area contributed by atoms with Gasteiger partial charge in [0.2, 0.25) is 5.88 Å². The zero-order chi connectivity index (χ0) is 15.6. The molecule has 0 spiro atoms. The molecule has 21 heavy (non-hydrogen) atoms. The van der Waals surface area contributed by atoms with E-state index in [1.807, 2.05) is 25.1 Å². The lowest BCUT2D eigenvalue weighted by atomic mass is 10.3. The maximum Gasteiger partial charge on any atom is 0.281 e. The van der Waals surface area contributed by atoms with Crippen LogP contribution in [0.3, 0.4) is 0 Å². The summed E-state index contributed by atoms with van der Waals surface area (Å²) in [7, 11) is 3.43. The summed E-state index contributed by atoms with van der Waals surface area (Å²) in [5, 5.41) is 8.02. The van der Waals surface area contributed by atoms with Crippen LogP contribution in [-0.2, 0) is 10.2 Å². The number of ether oxygens (including phenoxy) is 1. The molecule has 1 saturated heterocycles. The molecule has 1 aromatic heterocycles. The minimum Gasteiger partial charge on any atom is -0.472 e. The van der Waals surface area contributed by atoms with Crippen LogP contribution in [0.5, 0.6) is 5.88 Å². The van der Waals surface area contributed by atoms with E-state index in [2.05, 4.69) is 10.2 Å². The van der Waals surface area contributed by atoms with Gasteiger partial charge in [0, 0.05) is 40.8 Å². The third-order valence-electron chi connectivity index (χ3n) is 3.27. The van der Waals surface area contributed by atoms with Crippen molar-refractivity contribution in [1.29, 1.82) is 0 Å². The molecule has 0 N–H and O–H groups in total. The fourth-order valence-electron chi connectivity index (χ4n) is 2.02. The van der Waals surface area contributed by atoms with Crippen molar-refractivity contribution in [2.24, 2.45) is 0 Å². The fraction of sp³-hybridized carbons (Fsp3) is 0.667. The average Bonchev–Trinajstić information content (AvgIpc) is 2.88. The zero-order valence-corrected chi connectivity index (χ0v) is 13.5. The van der Waals surface area contributed by atoms with Gasteiger partial charge in [0.15, 0.2) is 5.82 Å². The predicted octanol–water partition coefficient (Wildman–Crippen LogP) is -0.198. The molecule has 0 aromatic carbocycles. The second kappa shape index (κ2) is 6.12. The quantitative estimate of drug-likeness (QED) is 0.749. The van der Waals surface area contributed by atoms with E-state index in [4.69, 9.17) is 4.74 Å². The van der Waals surface area contributed by atoms with E-state index in [1.165, 1.54) is 22.7 Å². The van der Waals surface area contributed by atoms with Crippen LogP contribution < -0.4 is 9.64 Å². The lowest BCUT2D eigenvalue weighted by Crippen LogP contribution is -2.39. The van der Waals surface area contributed by atoms with E-state index in [0.717, 1.165) is 5.82 Å². The van der Waals surface area contributed by atoms with Crippen molar-refractivity contribution in [3.8, 4) is 5.88 Å². The molecule has 0 aliphatic carbocycles. The highest BCUT2D eigenvalue weighted by Gasteiger charge is 2.34. The van der Waals surface area contributed by atoms with Crippen molar-refractivity contribution in [3.05, 3.63) is 12.1 Å². The molecule has 0 amide bonds. The molecule has 1 fully saturated rings. The van der Waals surface area contributed by atoms with Gasteiger partial charge in [-0.15, -0.1) is 10.2 Å². The summed E-state index contributed by atoms with van der Waals surface area (Å²) >= 11 is 0. The normalized spacial score (nSPS) is 20.0. The van der Waals surface area contributed by atoms with Gasteiger partial charge in [-0.05, 0) is 12.5 Å². The van der Waals surface area contributed by atoms with Crippen molar-refractivity contribution in [2.75, 3.05) is 46.2 Å². The Bertz CT molecular complexity index is 573.